The molecule has 12 heavy (non-hydrogen) atoms. The monoisotopic (exact) mass is 169 g/mol. The first-order valence-corrected chi connectivity index (χ1v) is 4.34. The number of amides is 1. The molecule has 0 radical (unpaired) electrons. The maximum absolute atomic E-state index is 11.0. The lowest BCUT2D eigenvalue weighted by Crippen LogP contribution is -2.25. The van der Waals surface area contributed by atoms with Crippen LogP contribution in [0.25, 0.3) is 0 Å². The van der Waals surface area contributed by atoms with Crippen LogP contribution in [0.5, 0.6) is 0 Å². The fourth-order valence-electron chi connectivity index (χ4n) is 0.742. The molecule has 0 aromatic heterocycles. The summed E-state index contributed by atoms with van der Waals surface area (Å²) in [5.74, 6) is 0.471. The number of nitrogens with one attached hydrogen (secondary N) is 1. The van der Waals surface area contributed by atoms with Crippen LogP contribution >= 0.6 is 0 Å². The molecule has 68 valence electrons. The molecular weight excluding hydrogens is 154 g/mol. The van der Waals surface area contributed by atoms with E-state index in [4.69, 9.17) is 4.84 Å². The van der Waals surface area contributed by atoms with E-state index in [2.05, 4.69) is 12.1 Å². The number of rotatable bonds is 5. The second-order valence-corrected chi connectivity index (χ2v) is 3.14. The molecule has 1 aliphatic rings. The first kappa shape index (κ1) is 9.26. The number of hydrogen-bond acceptors (Lipinski definition) is 2. The Bertz CT molecular complexity index is 185. The number of carbonyl (C=O) groups is 1. The van der Waals surface area contributed by atoms with E-state index in [-0.39, 0.29) is 5.91 Å². The van der Waals surface area contributed by atoms with E-state index in [1.54, 1.807) is 0 Å². The largest absolute Gasteiger partial charge is 0.273 e. The second-order valence-electron chi connectivity index (χ2n) is 3.14. The van der Waals surface area contributed by atoms with Crippen molar-refractivity contribution in [3.8, 4) is 0 Å². The van der Waals surface area contributed by atoms with Crippen LogP contribution in [0.3, 0.4) is 0 Å². The fraction of sp³-hybridized carbons (Fsp3) is 0.667. The summed E-state index contributed by atoms with van der Waals surface area (Å²) in [6.45, 7) is 6.13. The van der Waals surface area contributed by atoms with Gasteiger partial charge in [0.25, 0.3) is 5.91 Å². The summed E-state index contributed by atoms with van der Waals surface area (Å²) in [6.07, 6.45) is 3.12. The quantitative estimate of drug-likeness (QED) is 0.499. The SMILES string of the molecule is C=C(CC)C(=O)NOCC1CC1. The molecular formula is C9H15NO2. The van der Waals surface area contributed by atoms with Gasteiger partial charge < -0.3 is 0 Å². The molecule has 3 heteroatoms. The smallest absolute Gasteiger partial charge is 0.270 e. The van der Waals surface area contributed by atoms with Crippen LogP contribution in [0.4, 0.5) is 0 Å². The molecule has 3 nitrogen and oxygen atoms in total. The summed E-state index contributed by atoms with van der Waals surface area (Å²) in [7, 11) is 0. The van der Waals surface area contributed by atoms with Gasteiger partial charge in [-0.2, -0.15) is 0 Å². The molecule has 0 saturated heterocycles. The van der Waals surface area contributed by atoms with Gasteiger partial charge in [0.15, 0.2) is 0 Å². The van der Waals surface area contributed by atoms with E-state index in [1.807, 2.05) is 6.92 Å². The minimum absolute atomic E-state index is 0.196. The standard InChI is InChI=1S/C9H15NO2/c1-3-7(2)9(11)10-12-6-8-4-5-8/h8H,2-6H2,1H3,(H,10,11). The molecule has 0 unspecified atom stereocenters. The van der Waals surface area contributed by atoms with Gasteiger partial charge in [-0.3, -0.25) is 9.63 Å². The Kier molecular flexibility index (Phi) is 3.29. The zero-order valence-electron chi connectivity index (χ0n) is 7.43. The van der Waals surface area contributed by atoms with E-state index >= 15 is 0 Å². The van der Waals surface area contributed by atoms with Crippen LogP contribution in [0, 0.1) is 5.92 Å². The van der Waals surface area contributed by atoms with Crippen molar-refractivity contribution in [1.82, 2.24) is 5.48 Å². The minimum Gasteiger partial charge on any atom is -0.273 e. The average molecular weight is 169 g/mol. The molecule has 1 rings (SSSR count). The normalized spacial score (nSPS) is 15.8. The van der Waals surface area contributed by atoms with E-state index < -0.39 is 0 Å². The van der Waals surface area contributed by atoms with Crippen LogP contribution in [-0.2, 0) is 9.63 Å². The van der Waals surface area contributed by atoms with E-state index in [9.17, 15) is 4.79 Å². The van der Waals surface area contributed by atoms with E-state index in [0.29, 0.717) is 24.5 Å². The maximum atomic E-state index is 11.0. The molecule has 0 aromatic rings. The van der Waals surface area contributed by atoms with Crippen molar-refractivity contribution in [3.05, 3.63) is 12.2 Å². The minimum atomic E-state index is -0.196. The Morgan fingerprint density at radius 2 is 2.33 bits per heavy atom. The lowest BCUT2D eigenvalue weighted by molar-refractivity contribution is -0.130. The van der Waals surface area contributed by atoms with Crippen molar-refractivity contribution in [2.75, 3.05) is 6.61 Å². The molecule has 0 bridgehead atoms. The number of carbonyl (C=O) groups excluding carboxylic acids is 1. The molecule has 1 saturated carbocycles. The average Bonchev–Trinajstić information content (AvgIpc) is 2.86. The van der Waals surface area contributed by atoms with Gasteiger partial charge in [-0.1, -0.05) is 13.5 Å². The topological polar surface area (TPSA) is 38.3 Å². The highest BCUT2D eigenvalue weighted by Crippen LogP contribution is 2.28. The highest BCUT2D eigenvalue weighted by Gasteiger charge is 2.21. The third kappa shape index (κ3) is 3.05. The number of hydrogen-bond donors (Lipinski definition) is 1. The zero-order valence-corrected chi connectivity index (χ0v) is 7.43. The summed E-state index contributed by atoms with van der Waals surface area (Å²) in [6, 6.07) is 0. The molecule has 0 spiro atoms. The van der Waals surface area contributed by atoms with Gasteiger partial charge >= 0.3 is 0 Å². The highest BCUT2D eigenvalue weighted by atomic mass is 16.7. The second kappa shape index (κ2) is 4.26. The zero-order chi connectivity index (χ0) is 8.97. The first-order chi connectivity index (χ1) is 5.74. The van der Waals surface area contributed by atoms with Crippen molar-refractivity contribution in [1.29, 1.82) is 0 Å². The van der Waals surface area contributed by atoms with Crippen molar-refractivity contribution in [2.24, 2.45) is 5.92 Å². The van der Waals surface area contributed by atoms with Gasteiger partial charge in [-0.15, -0.1) is 0 Å². The van der Waals surface area contributed by atoms with Crippen LogP contribution in [0.2, 0.25) is 0 Å². The van der Waals surface area contributed by atoms with Crippen molar-refractivity contribution in [3.63, 3.8) is 0 Å². The van der Waals surface area contributed by atoms with Gasteiger partial charge in [0.05, 0.1) is 6.61 Å². The van der Waals surface area contributed by atoms with Crippen molar-refractivity contribution >= 4 is 5.91 Å². The molecule has 0 atom stereocenters. The first-order valence-electron chi connectivity index (χ1n) is 4.34. The fourth-order valence-corrected chi connectivity index (χ4v) is 0.742. The Labute approximate surface area is 72.7 Å². The van der Waals surface area contributed by atoms with E-state index in [0.717, 1.165) is 0 Å². The van der Waals surface area contributed by atoms with E-state index in [1.165, 1.54) is 12.8 Å². The summed E-state index contributed by atoms with van der Waals surface area (Å²) in [5.41, 5.74) is 2.93. The summed E-state index contributed by atoms with van der Waals surface area (Å²) < 4.78 is 0. The van der Waals surface area contributed by atoms with Crippen molar-refractivity contribution in [2.45, 2.75) is 26.2 Å². The van der Waals surface area contributed by atoms with Crippen LogP contribution in [0.1, 0.15) is 26.2 Å². The molecule has 0 aliphatic heterocycles. The summed E-state index contributed by atoms with van der Waals surface area (Å²) in [4.78, 5) is 16.0. The Hall–Kier alpha value is -0.830. The van der Waals surface area contributed by atoms with Gasteiger partial charge in [0.2, 0.25) is 0 Å². The van der Waals surface area contributed by atoms with Gasteiger partial charge in [0, 0.05) is 5.57 Å². The molecule has 0 heterocycles. The van der Waals surface area contributed by atoms with Gasteiger partial charge in [-0.05, 0) is 25.2 Å². The molecule has 1 fully saturated rings. The molecule has 1 amide bonds. The highest BCUT2D eigenvalue weighted by molar-refractivity contribution is 5.91. The summed E-state index contributed by atoms with van der Waals surface area (Å²) >= 11 is 0. The molecule has 1 N–H and O–H groups in total. The molecule has 0 aromatic carbocycles. The Balaban J connectivity index is 2.04. The van der Waals surface area contributed by atoms with Crippen molar-refractivity contribution < 1.29 is 9.63 Å². The lowest BCUT2D eigenvalue weighted by Gasteiger charge is -2.04. The third-order valence-corrected chi connectivity index (χ3v) is 1.93. The lowest BCUT2D eigenvalue weighted by atomic mass is 10.2. The predicted molar refractivity (Wildman–Crippen MR) is 46.2 cm³/mol. The maximum Gasteiger partial charge on any atom is 0.270 e. The van der Waals surface area contributed by atoms with Gasteiger partial charge in [0.1, 0.15) is 0 Å². The van der Waals surface area contributed by atoms with Crippen LogP contribution < -0.4 is 5.48 Å². The Morgan fingerprint density at radius 3 is 2.83 bits per heavy atom. The van der Waals surface area contributed by atoms with Crippen LogP contribution in [-0.4, -0.2) is 12.5 Å². The number of hydroxylamine groups is 1. The van der Waals surface area contributed by atoms with Crippen LogP contribution in [0.15, 0.2) is 12.2 Å². The Morgan fingerprint density at radius 1 is 1.67 bits per heavy atom. The summed E-state index contributed by atoms with van der Waals surface area (Å²) in [5, 5.41) is 0. The predicted octanol–water partition coefficient (Wildman–Crippen LogP) is 1.41. The van der Waals surface area contributed by atoms with Gasteiger partial charge in [-0.25, -0.2) is 5.48 Å². The molecule has 1 aliphatic carbocycles. The third-order valence-electron chi connectivity index (χ3n) is 1.93.